The second kappa shape index (κ2) is 5.77. The van der Waals surface area contributed by atoms with E-state index in [1.807, 2.05) is 30.3 Å². The Balaban J connectivity index is 1.93. The highest BCUT2D eigenvalue weighted by atomic mass is 16.7. The van der Waals surface area contributed by atoms with Crippen LogP contribution in [0.1, 0.15) is 12.5 Å². The van der Waals surface area contributed by atoms with E-state index in [2.05, 4.69) is 0 Å². The van der Waals surface area contributed by atoms with E-state index in [0.717, 1.165) is 5.56 Å². The average Bonchev–Trinajstić information content (AvgIpc) is 2.40. The van der Waals surface area contributed by atoms with Gasteiger partial charge in [-0.2, -0.15) is 0 Å². The number of aliphatic hydroxyl groups is 3. The van der Waals surface area contributed by atoms with Gasteiger partial charge in [-0.15, -0.1) is 0 Å². The van der Waals surface area contributed by atoms with Gasteiger partial charge in [0.05, 0.1) is 12.7 Å². The van der Waals surface area contributed by atoms with Crippen LogP contribution >= 0.6 is 0 Å². The van der Waals surface area contributed by atoms with Crippen LogP contribution in [0.2, 0.25) is 0 Å². The minimum Gasteiger partial charge on any atom is -0.388 e. The van der Waals surface area contributed by atoms with Gasteiger partial charge in [-0.05, 0) is 12.5 Å². The Morgan fingerprint density at radius 3 is 2.39 bits per heavy atom. The van der Waals surface area contributed by atoms with E-state index in [1.54, 1.807) is 6.92 Å². The van der Waals surface area contributed by atoms with E-state index < -0.39 is 30.7 Å². The Kier molecular flexibility index (Phi) is 4.31. The molecule has 0 aromatic heterocycles. The van der Waals surface area contributed by atoms with Crippen molar-refractivity contribution < 1.29 is 24.8 Å². The van der Waals surface area contributed by atoms with Crippen molar-refractivity contribution in [2.24, 2.45) is 0 Å². The Hall–Kier alpha value is -0.980. The molecule has 0 unspecified atom stereocenters. The molecule has 5 heteroatoms. The van der Waals surface area contributed by atoms with E-state index >= 15 is 0 Å². The van der Waals surface area contributed by atoms with Gasteiger partial charge in [0.1, 0.15) is 18.3 Å². The van der Waals surface area contributed by atoms with Gasteiger partial charge in [0, 0.05) is 0 Å². The number of rotatable bonds is 3. The molecule has 0 bridgehead atoms. The molecule has 100 valence electrons. The molecule has 2 rings (SSSR count). The normalized spacial score (nSPS) is 36.6. The van der Waals surface area contributed by atoms with Crippen molar-refractivity contribution >= 4 is 0 Å². The highest BCUT2D eigenvalue weighted by Gasteiger charge is 2.42. The molecule has 0 saturated carbocycles. The molecule has 1 aromatic rings. The van der Waals surface area contributed by atoms with Gasteiger partial charge in [-0.1, -0.05) is 30.3 Å². The first-order valence-corrected chi connectivity index (χ1v) is 5.95. The fourth-order valence-corrected chi connectivity index (χ4v) is 1.90. The summed E-state index contributed by atoms with van der Waals surface area (Å²) in [5, 5.41) is 28.9. The third-order valence-corrected chi connectivity index (χ3v) is 3.07. The number of ether oxygens (including phenoxy) is 2. The van der Waals surface area contributed by atoms with Crippen molar-refractivity contribution in [1.82, 2.24) is 0 Å². The van der Waals surface area contributed by atoms with Gasteiger partial charge in [-0.25, -0.2) is 0 Å². The first-order chi connectivity index (χ1) is 8.59. The van der Waals surface area contributed by atoms with Gasteiger partial charge in [0.15, 0.2) is 6.29 Å². The molecular formula is C13H18O5. The Labute approximate surface area is 106 Å². The minimum atomic E-state index is -1.26. The van der Waals surface area contributed by atoms with Crippen molar-refractivity contribution in [3.05, 3.63) is 35.9 Å². The fourth-order valence-electron chi connectivity index (χ4n) is 1.90. The second-order valence-electron chi connectivity index (χ2n) is 4.48. The molecule has 1 fully saturated rings. The van der Waals surface area contributed by atoms with Gasteiger partial charge >= 0.3 is 0 Å². The molecule has 1 aromatic carbocycles. The number of aliphatic hydroxyl groups excluding tert-OH is 3. The highest BCUT2D eigenvalue weighted by Crippen LogP contribution is 2.22. The third-order valence-electron chi connectivity index (χ3n) is 3.07. The van der Waals surface area contributed by atoms with Crippen LogP contribution in [-0.4, -0.2) is 46.0 Å². The van der Waals surface area contributed by atoms with Crippen molar-refractivity contribution in [2.75, 3.05) is 0 Å². The van der Waals surface area contributed by atoms with Gasteiger partial charge in [0.25, 0.3) is 0 Å². The topological polar surface area (TPSA) is 79.2 Å². The predicted molar refractivity (Wildman–Crippen MR) is 63.6 cm³/mol. The summed E-state index contributed by atoms with van der Waals surface area (Å²) in [5.74, 6) is 0. The van der Waals surface area contributed by atoms with Crippen molar-refractivity contribution in [3.63, 3.8) is 0 Å². The van der Waals surface area contributed by atoms with Crippen molar-refractivity contribution in [1.29, 1.82) is 0 Å². The maximum Gasteiger partial charge on any atom is 0.186 e. The molecule has 1 heterocycles. The standard InChI is InChI=1S/C13H18O5/c1-8-10(14)11(15)12(16)13(18-8)17-7-9-5-3-2-4-6-9/h2-6,8,10-16H,7H2,1H3/t8-,10-,11+,12-,13-/m1/s1. The van der Waals surface area contributed by atoms with Crippen LogP contribution < -0.4 is 0 Å². The van der Waals surface area contributed by atoms with Gasteiger partial charge in [-0.3, -0.25) is 0 Å². The zero-order valence-electron chi connectivity index (χ0n) is 10.1. The molecule has 0 radical (unpaired) electrons. The maximum atomic E-state index is 9.74. The molecule has 1 aliphatic rings. The quantitative estimate of drug-likeness (QED) is 0.709. The fraction of sp³-hybridized carbons (Fsp3) is 0.538. The molecule has 0 amide bonds. The molecule has 1 saturated heterocycles. The Morgan fingerprint density at radius 2 is 1.72 bits per heavy atom. The smallest absolute Gasteiger partial charge is 0.186 e. The molecule has 1 aliphatic heterocycles. The van der Waals surface area contributed by atoms with E-state index in [1.165, 1.54) is 0 Å². The Bertz CT molecular complexity index is 369. The lowest BCUT2D eigenvalue weighted by atomic mass is 10.00. The Morgan fingerprint density at radius 1 is 1.06 bits per heavy atom. The average molecular weight is 254 g/mol. The van der Waals surface area contributed by atoms with Crippen LogP contribution in [0.4, 0.5) is 0 Å². The summed E-state index contributed by atoms with van der Waals surface area (Å²) in [4.78, 5) is 0. The molecule has 0 spiro atoms. The summed E-state index contributed by atoms with van der Waals surface area (Å²) >= 11 is 0. The third kappa shape index (κ3) is 2.88. The molecule has 18 heavy (non-hydrogen) atoms. The first kappa shape index (κ1) is 13.5. The predicted octanol–water partition coefficient (Wildman–Crippen LogP) is 0.0307. The lowest BCUT2D eigenvalue weighted by Gasteiger charge is -2.38. The monoisotopic (exact) mass is 254 g/mol. The van der Waals surface area contributed by atoms with Crippen LogP contribution in [-0.2, 0) is 16.1 Å². The van der Waals surface area contributed by atoms with Crippen molar-refractivity contribution in [3.8, 4) is 0 Å². The maximum absolute atomic E-state index is 9.74. The summed E-state index contributed by atoms with van der Waals surface area (Å²) in [6.07, 6.45) is -5.12. The van der Waals surface area contributed by atoms with Crippen LogP contribution in [0, 0.1) is 0 Å². The zero-order chi connectivity index (χ0) is 13.1. The summed E-state index contributed by atoms with van der Waals surface area (Å²) < 4.78 is 10.7. The number of benzene rings is 1. The molecule has 5 atom stereocenters. The zero-order valence-corrected chi connectivity index (χ0v) is 10.1. The molecule has 3 N–H and O–H groups in total. The highest BCUT2D eigenvalue weighted by molar-refractivity contribution is 5.13. The SMILES string of the molecule is C[C@H]1O[C@@H](OCc2ccccc2)[C@H](O)[C@@H](O)[C@@H]1O. The second-order valence-corrected chi connectivity index (χ2v) is 4.48. The summed E-state index contributed by atoms with van der Waals surface area (Å²) in [7, 11) is 0. The summed E-state index contributed by atoms with van der Waals surface area (Å²) in [5.41, 5.74) is 0.946. The lowest BCUT2D eigenvalue weighted by Crippen LogP contribution is -2.57. The molecule has 0 aliphatic carbocycles. The number of hydrogen-bond donors (Lipinski definition) is 3. The molecule has 5 nitrogen and oxygen atoms in total. The largest absolute Gasteiger partial charge is 0.388 e. The van der Waals surface area contributed by atoms with Crippen LogP contribution in [0.25, 0.3) is 0 Å². The molecular weight excluding hydrogens is 236 g/mol. The van der Waals surface area contributed by atoms with E-state index in [-0.39, 0.29) is 6.61 Å². The van der Waals surface area contributed by atoms with E-state index in [4.69, 9.17) is 9.47 Å². The van der Waals surface area contributed by atoms with Crippen LogP contribution in [0.5, 0.6) is 0 Å². The lowest BCUT2D eigenvalue weighted by molar-refractivity contribution is -0.296. The summed E-state index contributed by atoms with van der Waals surface area (Å²) in [6.45, 7) is 1.90. The minimum absolute atomic E-state index is 0.276. The van der Waals surface area contributed by atoms with E-state index in [9.17, 15) is 15.3 Å². The van der Waals surface area contributed by atoms with Gasteiger partial charge in [0.2, 0.25) is 0 Å². The summed E-state index contributed by atoms with van der Waals surface area (Å²) in [6, 6.07) is 9.46. The van der Waals surface area contributed by atoms with Crippen LogP contribution in [0.15, 0.2) is 30.3 Å². The van der Waals surface area contributed by atoms with E-state index in [0.29, 0.717) is 0 Å². The number of hydrogen-bond acceptors (Lipinski definition) is 5. The van der Waals surface area contributed by atoms with Crippen LogP contribution in [0.3, 0.4) is 0 Å². The first-order valence-electron chi connectivity index (χ1n) is 5.95. The van der Waals surface area contributed by atoms with Crippen molar-refractivity contribution in [2.45, 2.75) is 44.2 Å². The van der Waals surface area contributed by atoms with Gasteiger partial charge < -0.3 is 24.8 Å².